The fraction of sp³-hybridized carbons (Fsp3) is 0. The zero-order valence-electron chi connectivity index (χ0n) is 5.33. The normalized spacial score (nSPS) is 9.82. The van der Waals surface area contributed by atoms with Gasteiger partial charge in [0.15, 0.2) is 0 Å². The Labute approximate surface area is 82.7 Å². The van der Waals surface area contributed by atoms with Gasteiger partial charge in [0.2, 0.25) is 0 Å². The Hall–Kier alpha value is 0.155. The van der Waals surface area contributed by atoms with Crippen LogP contribution in [-0.2, 0) is 0 Å². The fourth-order valence-corrected chi connectivity index (χ4v) is 1.05. The molecule has 1 aromatic heterocycles. The van der Waals surface area contributed by atoms with Crippen LogP contribution in [0.2, 0.25) is 5.02 Å². The van der Waals surface area contributed by atoms with Gasteiger partial charge in [-0.15, -0.1) is 0 Å². The molecule has 1 aromatic rings. The summed E-state index contributed by atoms with van der Waals surface area (Å²) in [7, 11) is -1.50. The zero-order chi connectivity index (χ0) is 8.43. The highest BCUT2D eigenvalue weighted by atomic mass is 127. The first-order valence-corrected chi connectivity index (χ1v) is 4.24. The molecule has 0 saturated heterocycles. The summed E-state index contributed by atoms with van der Waals surface area (Å²) in [6, 6.07) is 1.47. The van der Waals surface area contributed by atoms with E-state index >= 15 is 0 Å². The van der Waals surface area contributed by atoms with Crippen molar-refractivity contribution in [1.82, 2.24) is 4.98 Å². The van der Waals surface area contributed by atoms with Gasteiger partial charge in [-0.1, -0.05) is 11.6 Å². The molecule has 0 amide bonds. The molecule has 0 aliphatic carbocycles. The maximum Gasteiger partial charge on any atom is 0.490 e. The first-order chi connectivity index (χ1) is 5.11. The molecule has 0 radical (unpaired) electrons. The molecule has 1 heterocycles. The van der Waals surface area contributed by atoms with Crippen molar-refractivity contribution in [3.05, 3.63) is 21.0 Å². The van der Waals surface area contributed by atoms with Gasteiger partial charge in [0.1, 0.15) is 3.70 Å². The van der Waals surface area contributed by atoms with Crippen LogP contribution < -0.4 is 5.46 Å². The number of aromatic nitrogens is 1. The first kappa shape index (κ1) is 9.24. The number of halogens is 2. The van der Waals surface area contributed by atoms with Crippen molar-refractivity contribution in [2.75, 3.05) is 0 Å². The Morgan fingerprint density at radius 1 is 1.55 bits per heavy atom. The number of rotatable bonds is 1. The lowest BCUT2D eigenvalue weighted by molar-refractivity contribution is 0.425. The van der Waals surface area contributed by atoms with E-state index in [1.807, 2.05) is 22.6 Å². The van der Waals surface area contributed by atoms with Gasteiger partial charge in [0.05, 0.1) is 5.02 Å². The van der Waals surface area contributed by atoms with Crippen molar-refractivity contribution < 1.29 is 10.0 Å². The smallest absolute Gasteiger partial charge is 0.423 e. The van der Waals surface area contributed by atoms with Crippen molar-refractivity contribution in [3.63, 3.8) is 0 Å². The predicted molar refractivity (Wildman–Crippen MR) is 51.8 cm³/mol. The van der Waals surface area contributed by atoms with Gasteiger partial charge in [-0.25, -0.2) is 4.98 Å². The summed E-state index contributed by atoms with van der Waals surface area (Å²) >= 11 is 7.62. The highest BCUT2D eigenvalue weighted by molar-refractivity contribution is 14.1. The Morgan fingerprint density at radius 2 is 2.18 bits per heavy atom. The average molecular weight is 283 g/mol. The van der Waals surface area contributed by atoms with Crippen LogP contribution in [0.5, 0.6) is 0 Å². The van der Waals surface area contributed by atoms with Gasteiger partial charge in [-0.3, -0.25) is 0 Å². The van der Waals surface area contributed by atoms with E-state index in [9.17, 15) is 0 Å². The molecule has 0 unspecified atom stereocenters. The number of pyridine rings is 1. The maximum absolute atomic E-state index is 8.69. The van der Waals surface area contributed by atoms with E-state index in [1.165, 1.54) is 12.3 Å². The Bertz CT molecular complexity index is 271. The average Bonchev–Trinajstić information content (AvgIpc) is 1.94. The zero-order valence-corrected chi connectivity index (χ0v) is 8.24. The number of hydrogen-bond acceptors (Lipinski definition) is 3. The summed E-state index contributed by atoms with van der Waals surface area (Å²) in [5, 5.41) is 17.8. The molecule has 0 aromatic carbocycles. The van der Waals surface area contributed by atoms with Gasteiger partial charge in [-0.2, -0.15) is 0 Å². The second-order valence-corrected chi connectivity index (χ2v) is 3.34. The topological polar surface area (TPSA) is 53.4 Å². The molecule has 58 valence electrons. The fourth-order valence-electron chi connectivity index (χ4n) is 0.577. The van der Waals surface area contributed by atoms with E-state index < -0.39 is 7.12 Å². The lowest BCUT2D eigenvalue weighted by Gasteiger charge is -1.99. The quantitative estimate of drug-likeness (QED) is 0.434. The molecular formula is C5H4BClINO2. The highest BCUT2D eigenvalue weighted by Gasteiger charge is 2.12. The Kier molecular flexibility index (Phi) is 3.11. The molecule has 2 N–H and O–H groups in total. The Morgan fingerprint density at radius 3 is 2.64 bits per heavy atom. The lowest BCUT2D eigenvalue weighted by Crippen LogP contribution is -2.30. The lowest BCUT2D eigenvalue weighted by atomic mass is 9.82. The van der Waals surface area contributed by atoms with Crippen LogP contribution in [0, 0.1) is 3.70 Å². The van der Waals surface area contributed by atoms with Gasteiger partial charge < -0.3 is 10.0 Å². The minimum atomic E-state index is -1.50. The minimum absolute atomic E-state index is 0.301. The van der Waals surface area contributed by atoms with Crippen LogP contribution in [0.3, 0.4) is 0 Å². The predicted octanol–water partition coefficient (Wildman–Crippen LogP) is 0.0194. The molecule has 0 fully saturated rings. The standard InChI is InChI=1S/C5H4BClINO2/c7-4-1-3(6(10)11)2-9-5(4)8/h1-2,10-11H. The van der Waals surface area contributed by atoms with Crippen molar-refractivity contribution in [1.29, 1.82) is 0 Å². The van der Waals surface area contributed by atoms with E-state index in [0.717, 1.165) is 0 Å². The van der Waals surface area contributed by atoms with Crippen LogP contribution in [0.25, 0.3) is 0 Å². The van der Waals surface area contributed by atoms with E-state index in [1.54, 1.807) is 0 Å². The summed E-state index contributed by atoms with van der Waals surface area (Å²) in [5.41, 5.74) is 0.301. The molecule has 11 heavy (non-hydrogen) atoms. The molecule has 0 atom stereocenters. The first-order valence-electron chi connectivity index (χ1n) is 2.78. The second kappa shape index (κ2) is 3.71. The van der Waals surface area contributed by atoms with E-state index in [2.05, 4.69) is 4.98 Å². The van der Waals surface area contributed by atoms with Gasteiger partial charge in [-0.05, 0) is 28.7 Å². The number of hydrogen-bond donors (Lipinski definition) is 2. The summed E-state index contributed by atoms with van der Waals surface area (Å²) < 4.78 is 0.647. The van der Waals surface area contributed by atoms with Crippen molar-refractivity contribution in [3.8, 4) is 0 Å². The summed E-state index contributed by atoms with van der Waals surface area (Å²) in [6.07, 6.45) is 1.37. The Balaban J connectivity index is 3.05. The monoisotopic (exact) mass is 283 g/mol. The molecule has 0 aliphatic rings. The summed E-state index contributed by atoms with van der Waals surface area (Å²) in [5.74, 6) is 0. The van der Waals surface area contributed by atoms with Crippen LogP contribution >= 0.6 is 34.2 Å². The molecule has 0 bridgehead atoms. The second-order valence-electron chi connectivity index (χ2n) is 1.91. The highest BCUT2D eigenvalue weighted by Crippen LogP contribution is 2.12. The van der Waals surface area contributed by atoms with Crippen LogP contribution in [-0.4, -0.2) is 22.2 Å². The van der Waals surface area contributed by atoms with E-state index in [-0.39, 0.29) is 0 Å². The SMILES string of the molecule is OB(O)c1cnc(I)c(Cl)c1. The van der Waals surface area contributed by atoms with E-state index in [4.69, 9.17) is 21.6 Å². The van der Waals surface area contributed by atoms with Crippen molar-refractivity contribution in [2.24, 2.45) is 0 Å². The minimum Gasteiger partial charge on any atom is -0.423 e. The summed E-state index contributed by atoms with van der Waals surface area (Å²) in [4.78, 5) is 3.83. The third kappa shape index (κ3) is 2.29. The third-order valence-electron chi connectivity index (χ3n) is 1.12. The molecule has 0 saturated carbocycles. The molecule has 6 heteroatoms. The third-order valence-corrected chi connectivity index (χ3v) is 2.58. The van der Waals surface area contributed by atoms with Gasteiger partial charge >= 0.3 is 7.12 Å². The number of nitrogens with zero attached hydrogens (tertiary/aromatic N) is 1. The van der Waals surface area contributed by atoms with Crippen LogP contribution in [0.1, 0.15) is 0 Å². The van der Waals surface area contributed by atoms with Crippen LogP contribution in [0.15, 0.2) is 12.3 Å². The molecular weight excluding hydrogens is 279 g/mol. The molecule has 1 rings (SSSR count). The van der Waals surface area contributed by atoms with Gasteiger partial charge in [0, 0.05) is 11.7 Å². The molecule has 0 spiro atoms. The molecule has 0 aliphatic heterocycles. The summed E-state index contributed by atoms with van der Waals surface area (Å²) in [6.45, 7) is 0. The maximum atomic E-state index is 8.69. The van der Waals surface area contributed by atoms with Crippen molar-refractivity contribution in [2.45, 2.75) is 0 Å². The van der Waals surface area contributed by atoms with Crippen molar-refractivity contribution >= 4 is 46.8 Å². The molecule has 3 nitrogen and oxygen atoms in total. The van der Waals surface area contributed by atoms with E-state index in [0.29, 0.717) is 14.2 Å². The van der Waals surface area contributed by atoms with Crippen LogP contribution in [0.4, 0.5) is 0 Å². The van der Waals surface area contributed by atoms with Gasteiger partial charge in [0.25, 0.3) is 0 Å². The largest absolute Gasteiger partial charge is 0.490 e.